The van der Waals surface area contributed by atoms with Crippen LogP contribution < -0.4 is 10.6 Å². The van der Waals surface area contributed by atoms with E-state index in [9.17, 15) is 9.59 Å². The summed E-state index contributed by atoms with van der Waals surface area (Å²) in [5, 5.41) is 7.24. The zero-order chi connectivity index (χ0) is 15.5. The molecule has 6 heteroatoms. The highest BCUT2D eigenvalue weighted by molar-refractivity contribution is 6.30. The fourth-order valence-corrected chi connectivity index (χ4v) is 3.61. The molecule has 0 saturated carbocycles. The molecule has 2 N–H and O–H groups in total. The predicted molar refractivity (Wildman–Crippen MR) is 93.4 cm³/mol. The Kier molecular flexibility index (Phi) is 6.45. The van der Waals surface area contributed by atoms with Gasteiger partial charge in [-0.05, 0) is 49.9 Å². The summed E-state index contributed by atoms with van der Waals surface area (Å²) in [6.45, 7) is 0. The van der Waals surface area contributed by atoms with Crippen molar-refractivity contribution in [3.05, 3.63) is 34.9 Å². The molecule has 1 aromatic rings. The van der Waals surface area contributed by atoms with Crippen LogP contribution in [0.3, 0.4) is 0 Å². The largest absolute Gasteiger partial charge is 0.353 e. The molecule has 2 atom stereocenters. The number of carbonyl (C=O) groups excluding carboxylic acids is 2. The summed E-state index contributed by atoms with van der Waals surface area (Å²) < 4.78 is 0. The van der Waals surface area contributed by atoms with Crippen molar-refractivity contribution in [3.63, 3.8) is 0 Å². The lowest BCUT2D eigenvalue weighted by Gasteiger charge is -2.29. The van der Waals surface area contributed by atoms with E-state index in [0.717, 1.165) is 12.8 Å². The lowest BCUT2D eigenvalue weighted by atomic mass is 9.99. The SMILES string of the molecule is Cl.O=C(CCC(=O)c1ccc(Cl)cc1)NC1CC2CCC(C1)N2. The van der Waals surface area contributed by atoms with Crippen LogP contribution in [-0.2, 0) is 4.79 Å². The van der Waals surface area contributed by atoms with Crippen LogP contribution in [0.15, 0.2) is 24.3 Å². The Bertz CT molecular complexity index is 550. The van der Waals surface area contributed by atoms with E-state index in [0.29, 0.717) is 22.7 Å². The van der Waals surface area contributed by atoms with E-state index in [2.05, 4.69) is 10.6 Å². The van der Waals surface area contributed by atoms with Gasteiger partial charge in [0, 0.05) is 41.6 Å². The van der Waals surface area contributed by atoms with Crippen LogP contribution in [0.5, 0.6) is 0 Å². The number of Topliss-reactive ketones (excluding diaryl/α,β-unsaturated/α-hetero) is 1. The maximum Gasteiger partial charge on any atom is 0.220 e. The van der Waals surface area contributed by atoms with Crippen LogP contribution in [0, 0.1) is 0 Å². The predicted octanol–water partition coefficient (Wildman–Crippen LogP) is 3.12. The Morgan fingerprint density at radius 1 is 1.09 bits per heavy atom. The first-order valence-electron chi connectivity index (χ1n) is 7.94. The minimum Gasteiger partial charge on any atom is -0.353 e. The molecule has 2 bridgehead atoms. The third-order valence-corrected chi connectivity index (χ3v) is 4.84. The van der Waals surface area contributed by atoms with Crippen molar-refractivity contribution in [3.8, 4) is 0 Å². The minimum atomic E-state index is -0.0198. The van der Waals surface area contributed by atoms with Gasteiger partial charge in [-0.3, -0.25) is 9.59 Å². The molecule has 126 valence electrons. The molecule has 1 aromatic carbocycles. The van der Waals surface area contributed by atoms with Gasteiger partial charge in [-0.15, -0.1) is 12.4 Å². The van der Waals surface area contributed by atoms with Crippen LogP contribution >= 0.6 is 24.0 Å². The van der Waals surface area contributed by atoms with Crippen molar-refractivity contribution < 1.29 is 9.59 Å². The number of hydrogen-bond acceptors (Lipinski definition) is 3. The van der Waals surface area contributed by atoms with Gasteiger partial charge in [0.2, 0.25) is 5.91 Å². The molecule has 23 heavy (non-hydrogen) atoms. The number of nitrogens with one attached hydrogen (secondary N) is 2. The summed E-state index contributed by atoms with van der Waals surface area (Å²) in [5.41, 5.74) is 0.608. The van der Waals surface area contributed by atoms with Gasteiger partial charge in [0.25, 0.3) is 0 Å². The summed E-state index contributed by atoms with van der Waals surface area (Å²) in [6, 6.07) is 8.16. The van der Waals surface area contributed by atoms with Crippen LogP contribution in [0.2, 0.25) is 5.02 Å². The molecule has 2 fully saturated rings. The van der Waals surface area contributed by atoms with Crippen molar-refractivity contribution in [1.82, 2.24) is 10.6 Å². The van der Waals surface area contributed by atoms with E-state index in [1.807, 2.05) is 0 Å². The summed E-state index contributed by atoms with van der Waals surface area (Å²) >= 11 is 5.80. The quantitative estimate of drug-likeness (QED) is 0.796. The monoisotopic (exact) mass is 356 g/mol. The zero-order valence-corrected chi connectivity index (χ0v) is 14.5. The standard InChI is InChI=1S/C17H21ClN2O2.ClH/c18-12-3-1-11(2-4-12)16(21)7-8-17(22)20-15-9-13-5-6-14(10-15)19-13;/h1-4,13-15,19H,5-10H2,(H,20,22);1H. The number of halogens is 2. The van der Waals surface area contributed by atoms with Gasteiger partial charge in [-0.1, -0.05) is 11.6 Å². The van der Waals surface area contributed by atoms with Crippen LogP contribution in [-0.4, -0.2) is 29.8 Å². The molecule has 2 unspecified atom stereocenters. The molecule has 2 aliphatic rings. The molecule has 2 saturated heterocycles. The minimum absolute atomic E-state index is 0. The van der Waals surface area contributed by atoms with E-state index >= 15 is 0 Å². The van der Waals surface area contributed by atoms with Gasteiger partial charge in [0.1, 0.15) is 0 Å². The fraction of sp³-hybridized carbons (Fsp3) is 0.529. The maximum atomic E-state index is 12.0. The number of benzene rings is 1. The van der Waals surface area contributed by atoms with E-state index < -0.39 is 0 Å². The van der Waals surface area contributed by atoms with Gasteiger partial charge in [-0.2, -0.15) is 0 Å². The number of carbonyl (C=O) groups is 2. The number of piperidine rings is 1. The highest BCUT2D eigenvalue weighted by Crippen LogP contribution is 2.26. The fourth-order valence-electron chi connectivity index (χ4n) is 3.48. The molecular formula is C17H22Cl2N2O2. The van der Waals surface area contributed by atoms with Gasteiger partial charge in [0.15, 0.2) is 5.78 Å². The second kappa shape index (κ2) is 8.13. The Labute approximate surface area is 147 Å². The first-order valence-corrected chi connectivity index (χ1v) is 8.32. The number of rotatable bonds is 5. The first kappa shape index (κ1) is 18.2. The number of amides is 1. The third-order valence-electron chi connectivity index (χ3n) is 4.58. The lowest BCUT2D eigenvalue weighted by molar-refractivity contribution is -0.122. The molecule has 2 aliphatic heterocycles. The van der Waals surface area contributed by atoms with E-state index in [1.165, 1.54) is 12.8 Å². The molecule has 0 aromatic heterocycles. The summed E-state index contributed by atoms with van der Waals surface area (Å²) in [4.78, 5) is 24.1. The van der Waals surface area contributed by atoms with Gasteiger partial charge in [-0.25, -0.2) is 0 Å². The topological polar surface area (TPSA) is 58.2 Å². The number of fused-ring (bicyclic) bond motifs is 2. The van der Waals surface area contributed by atoms with E-state index in [4.69, 9.17) is 11.6 Å². The van der Waals surface area contributed by atoms with Crippen molar-refractivity contribution >= 4 is 35.7 Å². The summed E-state index contributed by atoms with van der Waals surface area (Å²) in [5.74, 6) is -0.0363. The Morgan fingerprint density at radius 2 is 1.70 bits per heavy atom. The summed E-state index contributed by atoms with van der Waals surface area (Å²) in [7, 11) is 0. The molecule has 0 aliphatic carbocycles. The van der Waals surface area contributed by atoms with Gasteiger partial charge >= 0.3 is 0 Å². The van der Waals surface area contributed by atoms with Crippen LogP contribution in [0.25, 0.3) is 0 Å². The normalized spacial score (nSPS) is 25.5. The van der Waals surface area contributed by atoms with Crippen molar-refractivity contribution in [2.24, 2.45) is 0 Å². The van der Waals surface area contributed by atoms with Crippen molar-refractivity contribution in [1.29, 1.82) is 0 Å². The van der Waals surface area contributed by atoms with Crippen molar-refractivity contribution in [2.75, 3.05) is 0 Å². The molecular weight excluding hydrogens is 335 g/mol. The smallest absolute Gasteiger partial charge is 0.220 e. The average Bonchev–Trinajstić information content (AvgIpc) is 2.84. The highest BCUT2D eigenvalue weighted by Gasteiger charge is 2.33. The van der Waals surface area contributed by atoms with E-state index in [1.54, 1.807) is 24.3 Å². The highest BCUT2D eigenvalue weighted by atomic mass is 35.5. The zero-order valence-electron chi connectivity index (χ0n) is 12.9. The van der Waals surface area contributed by atoms with Gasteiger partial charge < -0.3 is 10.6 Å². The molecule has 0 radical (unpaired) electrons. The van der Waals surface area contributed by atoms with E-state index in [-0.39, 0.29) is 43.0 Å². The third kappa shape index (κ3) is 4.93. The Morgan fingerprint density at radius 3 is 2.30 bits per heavy atom. The number of ketones is 1. The second-order valence-electron chi connectivity index (χ2n) is 6.30. The molecule has 2 heterocycles. The Hall–Kier alpha value is -1.10. The maximum absolute atomic E-state index is 12.0. The second-order valence-corrected chi connectivity index (χ2v) is 6.74. The first-order chi connectivity index (χ1) is 10.6. The summed E-state index contributed by atoms with van der Waals surface area (Å²) in [6.07, 6.45) is 4.94. The van der Waals surface area contributed by atoms with Gasteiger partial charge in [0.05, 0.1) is 0 Å². The van der Waals surface area contributed by atoms with Crippen LogP contribution in [0.1, 0.15) is 48.9 Å². The lowest BCUT2D eigenvalue weighted by Crippen LogP contribution is -2.48. The molecule has 0 spiro atoms. The molecule has 3 rings (SSSR count). The average molecular weight is 357 g/mol. The Balaban J connectivity index is 0.00000192. The number of hydrogen-bond donors (Lipinski definition) is 2. The molecule has 4 nitrogen and oxygen atoms in total. The molecule has 1 amide bonds. The van der Waals surface area contributed by atoms with Crippen LogP contribution in [0.4, 0.5) is 0 Å². The van der Waals surface area contributed by atoms with Crippen molar-refractivity contribution in [2.45, 2.75) is 56.7 Å².